The van der Waals surface area contributed by atoms with Gasteiger partial charge in [-0.1, -0.05) is 53.5 Å². The summed E-state index contributed by atoms with van der Waals surface area (Å²) in [6, 6.07) is 17.6. The van der Waals surface area contributed by atoms with Gasteiger partial charge >= 0.3 is 0 Å². The van der Waals surface area contributed by atoms with Crippen molar-refractivity contribution in [2.75, 3.05) is 7.11 Å². The number of amidine groups is 1. The van der Waals surface area contributed by atoms with Crippen LogP contribution in [0.25, 0.3) is 0 Å². The monoisotopic (exact) mass is 497 g/mol. The van der Waals surface area contributed by atoms with E-state index in [2.05, 4.69) is 4.99 Å². The number of ketones is 1. The standard InChI is InChI=1S/C24H17Cl2N3O3S/c1-32-15-9-6-13(7-10-15)21-22(31)20(17-4-2-3-5-19(17)30)27-24-29(21)28-23(33-24)16-11-8-14(25)12-18(16)26/h2-12,20-21,30H,1H3. The first-order chi connectivity index (χ1) is 16.0. The van der Waals surface area contributed by atoms with E-state index in [1.54, 1.807) is 66.7 Å². The Balaban J connectivity index is 1.62. The van der Waals surface area contributed by atoms with Crippen LogP contribution in [0.4, 0.5) is 0 Å². The number of carbonyl (C=O) groups is 1. The van der Waals surface area contributed by atoms with Crippen molar-refractivity contribution in [2.24, 2.45) is 10.1 Å². The molecule has 33 heavy (non-hydrogen) atoms. The summed E-state index contributed by atoms with van der Waals surface area (Å²) in [5.74, 6) is 0.506. The summed E-state index contributed by atoms with van der Waals surface area (Å²) in [7, 11) is 1.59. The zero-order valence-corrected chi connectivity index (χ0v) is 19.6. The van der Waals surface area contributed by atoms with Crippen molar-refractivity contribution < 1.29 is 14.6 Å². The van der Waals surface area contributed by atoms with Crippen LogP contribution >= 0.6 is 35.0 Å². The molecule has 0 spiro atoms. The molecule has 2 atom stereocenters. The third-order valence-corrected chi connectivity index (χ3v) is 6.95. The van der Waals surface area contributed by atoms with Gasteiger partial charge in [-0.25, -0.2) is 10.0 Å². The molecule has 2 unspecified atom stereocenters. The largest absolute Gasteiger partial charge is 0.508 e. The molecule has 1 N–H and O–H groups in total. The second kappa shape index (κ2) is 8.74. The van der Waals surface area contributed by atoms with Gasteiger partial charge in [-0.2, -0.15) is 5.10 Å². The Labute approximate surface area is 204 Å². The van der Waals surface area contributed by atoms with Gasteiger partial charge in [0.15, 0.2) is 11.0 Å². The van der Waals surface area contributed by atoms with Crippen LogP contribution in [-0.2, 0) is 4.79 Å². The quantitative estimate of drug-likeness (QED) is 0.489. The van der Waals surface area contributed by atoms with Crippen molar-refractivity contribution in [3.05, 3.63) is 93.5 Å². The molecule has 2 heterocycles. The van der Waals surface area contributed by atoms with Gasteiger partial charge in [-0.3, -0.25) is 4.79 Å². The van der Waals surface area contributed by atoms with Gasteiger partial charge in [0.1, 0.15) is 28.6 Å². The molecular weight excluding hydrogens is 481 g/mol. The Kier molecular flexibility index (Phi) is 5.78. The minimum atomic E-state index is -0.868. The summed E-state index contributed by atoms with van der Waals surface area (Å²) in [5.41, 5.74) is 1.89. The summed E-state index contributed by atoms with van der Waals surface area (Å²) >= 11 is 13.8. The van der Waals surface area contributed by atoms with Crippen LogP contribution in [-0.4, -0.2) is 33.2 Å². The number of methoxy groups -OCH3 is 1. The Morgan fingerprint density at radius 3 is 2.52 bits per heavy atom. The molecule has 6 nitrogen and oxygen atoms in total. The maximum atomic E-state index is 13.7. The lowest BCUT2D eigenvalue weighted by Crippen LogP contribution is -2.38. The third-order valence-electron chi connectivity index (χ3n) is 5.43. The van der Waals surface area contributed by atoms with Crippen LogP contribution in [0.2, 0.25) is 10.0 Å². The Hall–Kier alpha value is -3.00. The van der Waals surface area contributed by atoms with Crippen LogP contribution in [0.1, 0.15) is 28.8 Å². The number of hydrogen-bond acceptors (Lipinski definition) is 7. The van der Waals surface area contributed by atoms with E-state index in [1.807, 2.05) is 12.1 Å². The zero-order chi connectivity index (χ0) is 23.1. The molecule has 0 saturated heterocycles. The number of fused-ring (bicyclic) bond motifs is 1. The number of phenolic OH excluding ortho intramolecular Hbond substituents is 1. The summed E-state index contributed by atoms with van der Waals surface area (Å²) in [6.45, 7) is 0. The maximum Gasteiger partial charge on any atom is 0.191 e. The average molecular weight is 498 g/mol. The van der Waals surface area contributed by atoms with E-state index in [1.165, 1.54) is 11.8 Å². The lowest BCUT2D eigenvalue weighted by molar-refractivity contribution is -0.125. The third kappa shape index (κ3) is 3.97. The number of halogens is 2. The van der Waals surface area contributed by atoms with Crippen molar-refractivity contribution in [3.63, 3.8) is 0 Å². The molecule has 9 heteroatoms. The van der Waals surface area contributed by atoms with Gasteiger partial charge in [-0.05, 0) is 53.7 Å². The number of thioether (sulfide) groups is 1. The number of aliphatic imine (C=N–C) groups is 1. The molecule has 166 valence electrons. The fourth-order valence-corrected chi connectivity index (χ4v) is 5.34. The van der Waals surface area contributed by atoms with E-state index >= 15 is 0 Å². The fourth-order valence-electron chi connectivity index (χ4n) is 3.80. The highest BCUT2D eigenvalue weighted by atomic mass is 35.5. The number of hydrazone groups is 1. The summed E-state index contributed by atoms with van der Waals surface area (Å²) < 4.78 is 5.26. The predicted molar refractivity (Wildman–Crippen MR) is 131 cm³/mol. The van der Waals surface area contributed by atoms with Crippen molar-refractivity contribution in [1.82, 2.24) is 5.01 Å². The van der Waals surface area contributed by atoms with Gasteiger partial charge in [0.05, 0.1) is 12.1 Å². The first-order valence-electron chi connectivity index (χ1n) is 10.0. The van der Waals surface area contributed by atoms with Gasteiger partial charge in [-0.15, -0.1) is 0 Å². The summed E-state index contributed by atoms with van der Waals surface area (Å²) in [6.07, 6.45) is 0. The smallest absolute Gasteiger partial charge is 0.191 e. The number of ether oxygens (including phenoxy) is 1. The molecule has 2 aliphatic heterocycles. The zero-order valence-electron chi connectivity index (χ0n) is 17.3. The second-order valence-electron chi connectivity index (χ2n) is 7.43. The number of nitrogens with zero attached hydrogens (tertiary/aromatic N) is 3. The molecule has 3 aromatic rings. The topological polar surface area (TPSA) is 74.5 Å². The Morgan fingerprint density at radius 2 is 1.82 bits per heavy atom. The number of phenols is 1. The number of carbonyl (C=O) groups excluding carboxylic acids is 1. The van der Waals surface area contributed by atoms with Crippen LogP contribution < -0.4 is 4.74 Å². The number of Topliss-reactive ketones (excluding diaryl/α,β-unsaturated/α-hetero) is 1. The lowest BCUT2D eigenvalue weighted by Gasteiger charge is -2.32. The van der Waals surface area contributed by atoms with Crippen LogP contribution in [0, 0.1) is 0 Å². The highest BCUT2D eigenvalue weighted by molar-refractivity contribution is 8.27. The molecule has 0 aliphatic carbocycles. The molecule has 0 amide bonds. The highest BCUT2D eigenvalue weighted by Crippen LogP contribution is 2.44. The van der Waals surface area contributed by atoms with Crippen LogP contribution in [0.3, 0.4) is 0 Å². The lowest BCUT2D eigenvalue weighted by atomic mass is 9.92. The SMILES string of the molecule is COc1ccc(C2C(=O)C(c3ccccc3O)N=C3SC(c4ccc(Cl)cc4Cl)=NN32)cc1. The first-order valence-corrected chi connectivity index (χ1v) is 11.6. The van der Waals surface area contributed by atoms with E-state index in [0.29, 0.717) is 37.1 Å². The number of para-hydroxylation sites is 1. The number of benzene rings is 3. The van der Waals surface area contributed by atoms with Crippen molar-refractivity contribution in [3.8, 4) is 11.5 Å². The molecule has 0 fully saturated rings. The van der Waals surface area contributed by atoms with Crippen molar-refractivity contribution >= 4 is 51.0 Å². The molecule has 0 saturated carbocycles. The summed E-state index contributed by atoms with van der Waals surface area (Å²) in [5, 5.41) is 18.9. The van der Waals surface area contributed by atoms with E-state index in [9.17, 15) is 9.90 Å². The van der Waals surface area contributed by atoms with E-state index in [-0.39, 0.29) is 11.5 Å². The predicted octanol–water partition coefficient (Wildman–Crippen LogP) is 5.84. The Bertz CT molecular complexity index is 1310. The maximum absolute atomic E-state index is 13.7. The second-order valence-corrected chi connectivity index (χ2v) is 9.23. The molecule has 5 rings (SSSR count). The van der Waals surface area contributed by atoms with Crippen molar-refractivity contribution in [2.45, 2.75) is 12.1 Å². The van der Waals surface area contributed by atoms with E-state index in [4.69, 9.17) is 33.0 Å². The van der Waals surface area contributed by atoms with Gasteiger partial charge in [0.25, 0.3) is 0 Å². The number of aromatic hydroxyl groups is 1. The minimum Gasteiger partial charge on any atom is -0.508 e. The minimum absolute atomic E-state index is 0.0204. The van der Waals surface area contributed by atoms with Gasteiger partial charge in [0, 0.05) is 16.1 Å². The fraction of sp³-hybridized carbons (Fsp3) is 0.125. The van der Waals surface area contributed by atoms with Crippen LogP contribution in [0.15, 0.2) is 76.8 Å². The molecule has 2 aliphatic rings. The molecule has 3 aromatic carbocycles. The molecular formula is C24H17Cl2N3O3S. The average Bonchev–Trinajstić information content (AvgIpc) is 3.22. The van der Waals surface area contributed by atoms with E-state index < -0.39 is 12.1 Å². The normalized spacial score (nSPS) is 19.7. The highest BCUT2D eigenvalue weighted by Gasteiger charge is 2.44. The van der Waals surface area contributed by atoms with Crippen molar-refractivity contribution in [1.29, 1.82) is 0 Å². The van der Waals surface area contributed by atoms with Crippen LogP contribution in [0.5, 0.6) is 11.5 Å². The van der Waals surface area contributed by atoms with Gasteiger partial charge in [0.2, 0.25) is 0 Å². The Morgan fingerprint density at radius 1 is 1.06 bits per heavy atom. The summed E-state index contributed by atoms with van der Waals surface area (Å²) in [4.78, 5) is 18.4. The first kappa shape index (κ1) is 21.8. The molecule has 0 aromatic heterocycles. The molecule has 0 radical (unpaired) electrons. The number of hydrogen-bond donors (Lipinski definition) is 1. The number of rotatable bonds is 4. The van der Waals surface area contributed by atoms with Gasteiger partial charge < -0.3 is 9.84 Å². The molecule has 0 bridgehead atoms. The van der Waals surface area contributed by atoms with E-state index in [0.717, 1.165) is 5.56 Å².